The molecule has 0 atom stereocenters. The van der Waals surface area contributed by atoms with Gasteiger partial charge in [-0.2, -0.15) is 0 Å². The number of hydrogen-bond acceptors (Lipinski definition) is 5. The lowest BCUT2D eigenvalue weighted by Crippen LogP contribution is -2.17. The van der Waals surface area contributed by atoms with E-state index >= 15 is 0 Å². The molecule has 0 saturated carbocycles. The maximum atomic E-state index is 12.7. The van der Waals surface area contributed by atoms with Crippen LogP contribution in [-0.4, -0.2) is 22.1 Å². The Morgan fingerprint density at radius 3 is 2.68 bits per heavy atom. The van der Waals surface area contributed by atoms with E-state index in [9.17, 15) is 9.59 Å². The van der Waals surface area contributed by atoms with Crippen LogP contribution in [0, 0.1) is 6.92 Å². The van der Waals surface area contributed by atoms with Crippen LogP contribution in [0.25, 0.3) is 10.2 Å². The summed E-state index contributed by atoms with van der Waals surface area (Å²) in [4.78, 5) is 30.3. The zero-order valence-electron chi connectivity index (χ0n) is 16.4. The number of rotatable bonds is 8. The van der Waals surface area contributed by atoms with Gasteiger partial charge in [-0.05, 0) is 43.2 Å². The molecule has 0 aliphatic rings. The van der Waals surface area contributed by atoms with Crippen molar-refractivity contribution < 1.29 is 9.53 Å². The highest BCUT2D eigenvalue weighted by molar-refractivity contribution is 7.20. The summed E-state index contributed by atoms with van der Waals surface area (Å²) in [5.41, 5.74) is 1.21. The van der Waals surface area contributed by atoms with Crippen LogP contribution in [0.1, 0.15) is 47.8 Å². The van der Waals surface area contributed by atoms with E-state index in [1.807, 2.05) is 24.3 Å². The quantitative estimate of drug-likeness (QED) is 0.566. The van der Waals surface area contributed by atoms with Gasteiger partial charge in [0, 0.05) is 12.7 Å². The van der Waals surface area contributed by atoms with Gasteiger partial charge in [-0.1, -0.05) is 26.2 Å². The van der Waals surface area contributed by atoms with E-state index in [1.165, 1.54) is 41.5 Å². The van der Waals surface area contributed by atoms with E-state index in [1.54, 1.807) is 14.0 Å². The minimum atomic E-state index is -0.240. The van der Waals surface area contributed by atoms with Crippen molar-refractivity contribution >= 4 is 33.1 Å². The van der Waals surface area contributed by atoms with Crippen molar-refractivity contribution in [3.8, 4) is 5.75 Å². The third kappa shape index (κ3) is 4.42. The van der Waals surface area contributed by atoms with E-state index in [2.05, 4.69) is 17.2 Å². The molecule has 1 N–H and O–H groups in total. The largest absolute Gasteiger partial charge is 0.494 e. The molecule has 2 heterocycles. The average molecular weight is 400 g/mol. The minimum Gasteiger partial charge on any atom is -0.494 e. The number of aryl methyl sites for hydroxylation is 2. The predicted molar refractivity (Wildman–Crippen MR) is 114 cm³/mol. The van der Waals surface area contributed by atoms with Crippen molar-refractivity contribution in [3.05, 3.63) is 51.4 Å². The molecule has 7 heteroatoms. The number of carbonyl (C=O) groups excluding carboxylic acids is 1. The first kappa shape index (κ1) is 20.1. The molecule has 0 saturated heterocycles. The second kappa shape index (κ2) is 9.01. The van der Waals surface area contributed by atoms with Gasteiger partial charge in [0.05, 0.1) is 23.2 Å². The summed E-state index contributed by atoms with van der Waals surface area (Å²) in [6.45, 7) is 4.67. The second-order valence-electron chi connectivity index (χ2n) is 6.78. The molecule has 0 bridgehead atoms. The van der Waals surface area contributed by atoms with Crippen LogP contribution in [0.5, 0.6) is 5.75 Å². The fourth-order valence-electron chi connectivity index (χ4n) is 2.97. The molecule has 28 heavy (non-hydrogen) atoms. The van der Waals surface area contributed by atoms with Gasteiger partial charge in [0.1, 0.15) is 10.6 Å². The third-order valence-corrected chi connectivity index (χ3v) is 5.79. The lowest BCUT2D eigenvalue weighted by Gasteiger charge is -2.08. The third-order valence-electron chi connectivity index (χ3n) is 4.60. The van der Waals surface area contributed by atoms with Gasteiger partial charge >= 0.3 is 0 Å². The number of fused-ring (bicyclic) bond motifs is 1. The Balaban J connectivity index is 1.66. The van der Waals surface area contributed by atoms with Crippen molar-refractivity contribution in [2.45, 2.75) is 39.5 Å². The number of anilines is 1. The van der Waals surface area contributed by atoms with Crippen molar-refractivity contribution in [1.29, 1.82) is 0 Å². The van der Waals surface area contributed by atoms with E-state index in [0.29, 0.717) is 33.0 Å². The molecule has 3 rings (SSSR count). The number of ether oxygens (including phenoxy) is 1. The highest BCUT2D eigenvalue weighted by atomic mass is 32.1. The van der Waals surface area contributed by atoms with Crippen LogP contribution in [-0.2, 0) is 7.05 Å². The smallest absolute Gasteiger partial charge is 0.266 e. The van der Waals surface area contributed by atoms with Gasteiger partial charge in [0.25, 0.3) is 11.5 Å². The lowest BCUT2D eigenvalue weighted by molar-refractivity contribution is 0.103. The van der Waals surface area contributed by atoms with Crippen LogP contribution < -0.4 is 15.6 Å². The van der Waals surface area contributed by atoms with Gasteiger partial charge in [-0.15, -0.1) is 11.3 Å². The van der Waals surface area contributed by atoms with Crippen molar-refractivity contribution in [3.63, 3.8) is 0 Å². The summed E-state index contributed by atoms with van der Waals surface area (Å²) in [5.74, 6) is 0.552. The molecule has 2 aromatic heterocycles. The molecular formula is C21H25N3O3S. The summed E-state index contributed by atoms with van der Waals surface area (Å²) in [7, 11) is 1.65. The Kier molecular flexibility index (Phi) is 6.46. The molecule has 1 amide bonds. The Bertz CT molecular complexity index is 1020. The van der Waals surface area contributed by atoms with Gasteiger partial charge < -0.3 is 14.6 Å². The summed E-state index contributed by atoms with van der Waals surface area (Å²) in [6, 6.07) is 7.34. The van der Waals surface area contributed by atoms with Crippen LogP contribution in [0.2, 0.25) is 0 Å². The van der Waals surface area contributed by atoms with E-state index in [-0.39, 0.29) is 11.5 Å². The maximum Gasteiger partial charge on any atom is 0.266 e. The topological polar surface area (TPSA) is 73.2 Å². The van der Waals surface area contributed by atoms with Crippen LogP contribution in [0.3, 0.4) is 0 Å². The number of amides is 1. The summed E-state index contributed by atoms with van der Waals surface area (Å²) >= 11 is 1.23. The fourth-order valence-corrected chi connectivity index (χ4v) is 4.00. The van der Waals surface area contributed by atoms with Crippen LogP contribution in [0.15, 0.2) is 35.4 Å². The molecule has 0 unspecified atom stereocenters. The molecular weight excluding hydrogens is 374 g/mol. The Morgan fingerprint density at radius 2 is 1.96 bits per heavy atom. The van der Waals surface area contributed by atoms with Crippen molar-refractivity contribution in [2.24, 2.45) is 7.05 Å². The number of nitrogens with zero attached hydrogens (tertiary/aromatic N) is 2. The summed E-state index contributed by atoms with van der Waals surface area (Å²) < 4.78 is 7.15. The molecule has 6 nitrogen and oxygen atoms in total. The Morgan fingerprint density at radius 1 is 1.21 bits per heavy atom. The second-order valence-corrected chi connectivity index (χ2v) is 7.78. The lowest BCUT2D eigenvalue weighted by atomic mass is 10.2. The normalized spacial score (nSPS) is 11.0. The molecule has 148 valence electrons. The standard InChI is InChI=1S/C21H25N3O3S/c1-4-5-6-7-12-27-16-10-8-15(9-11-16)23-19(25)18-14(2)17-20(28-18)22-13-24(3)21(17)26/h8-11,13H,4-7,12H2,1-3H3,(H,23,25). The number of nitrogens with one attached hydrogen (secondary N) is 1. The molecule has 0 spiro atoms. The molecule has 3 aromatic rings. The molecule has 0 radical (unpaired) electrons. The Hall–Kier alpha value is -2.67. The van der Waals surface area contributed by atoms with Gasteiger partial charge in [-0.3, -0.25) is 9.59 Å². The number of unbranched alkanes of at least 4 members (excludes halogenated alkanes) is 3. The highest BCUT2D eigenvalue weighted by Crippen LogP contribution is 2.27. The monoisotopic (exact) mass is 399 g/mol. The van der Waals surface area contributed by atoms with Crippen molar-refractivity contribution in [1.82, 2.24) is 9.55 Å². The first-order valence-electron chi connectivity index (χ1n) is 9.50. The molecule has 1 aromatic carbocycles. The summed E-state index contributed by atoms with van der Waals surface area (Å²) in [5, 5.41) is 3.39. The molecule has 0 fully saturated rings. The van der Waals surface area contributed by atoms with E-state index in [4.69, 9.17) is 4.74 Å². The zero-order chi connectivity index (χ0) is 20.1. The highest BCUT2D eigenvalue weighted by Gasteiger charge is 2.19. The first-order chi connectivity index (χ1) is 13.5. The number of benzene rings is 1. The van der Waals surface area contributed by atoms with E-state index < -0.39 is 0 Å². The summed E-state index contributed by atoms with van der Waals surface area (Å²) in [6.07, 6.45) is 6.14. The average Bonchev–Trinajstić information content (AvgIpc) is 3.03. The van der Waals surface area contributed by atoms with E-state index in [0.717, 1.165) is 12.2 Å². The number of hydrogen-bond donors (Lipinski definition) is 1. The minimum absolute atomic E-state index is 0.141. The van der Waals surface area contributed by atoms with Gasteiger partial charge in [-0.25, -0.2) is 4.98 Å². The maximum absolute atomic E-state index is 12.7. The molecule has 0 aliphatic carbocycles. The fraction of sp³-hybridized carbons (Fsp3) is 0.381. The van der Waals surface area contributed by atoms with Gasteiger partial charge in [0.15, 0.2) is 0 Å². The van der Waals surface area contributed by atoms with Crippen LogP contribution in [0.4, 0.5) is 5.69 Å². The number of aromatic nitrogens is 2. The first-order valence-corrected chi connectivity index (χ1v) is 10.3. The van der Waals surface area contributed by atoms with Crippen molar-refractivity contribution in [2.75, 3.05) is 11.9 Å². The number of thiophene rings is 1. The Labute approximate surface area is 168 Å². The predicted octanol–water partition coefficient (Wildman–Crippen LogP) is 4.51. The van der Waals surface area contributed by atoms with Crippen LogP contribution >= 0.6 is 11.3 Å². The van der Waals surface area contributed by atoms with Gasteiger partial charge in [0.2, 0.25) is 0 Å². The number of carbonyl (C=O) groups is 1. The molecule has 0 aliphatic heterocycles. The zero-order valence-corrected chi connectivity index (χ0v) is 17.3. The SMILES string of the molecule is CCCCCCOc1ccc(NC(=O)c2sc3ncn(C)c(=O)c3c2C)cc1.